The maximum absolute atomic E-state index is 6.12. The molecule has 0 aliphatic heterocycles. The Bertz CT molecular complexity index is 2610. The Morgan fingerprint density at radius 3 is 1.02 bits per heavy atom. The van der Waals surface area contributed by atoms with E-state index in [9.17, 15) is 0 Å². The first-order chi connectivity index (χ1) is 27.7. The van der Waals surface area contributed by atoms with Gasteiger partial charge in [0.25, 0.3) is 0 Å². The third kappa shape index (κ3) is 5.89. The van der Waals surface area contributed by atoms with E-state index in [1.165, 1.54) is 20.7 Å². The smallest absolute Gasteiger partial charge is 0.227 e. The molecule has 0 spiro atoms. The third-order valence-electron chi connectivity index (χ3n) is 10.5. The lowest BCUT2D eigenvalue weighted by atomic mass is 10.1. The molecule has 0 bridgehead atoms. The van der Waals surface area contributed by atoms with Gasteiger partial charge in [-0.15, -0.1) is 0 Å². The Kier molecular flexibility index (Phi) is 8.43. The van der Waals surface area contributed by atoms with Crippen LogP contribution in [-0.4, -0.2) is 18.0 Å². The SMILES string of the molecule is c1ccc([Si](c2ccccc2)(c2ccccc2)c2ccc(N(c3ccc(-c4nc5ccccc5o4)cc3)c3ccc(-c4nc5ccccc5o4)cc3)cc2)cc1. The van der Waals surface area contributed by atoms with Crippen molar-refractivity contribution >= 4 is 68.1 Å². The number of fused-ring (bicyclic) bond motifs is 2. The van der Waals surface area contributed by atoms with Gasteiger partial charge in [-0.05, 0) is 106 Å². The Hall–Kier alpha value is -7.28. The van der Waals surface area contributed by atoms with E-state index in [4.69, 9.17) is 18.8 Å². The second-order valence-corrected chi connectivity index (χ2v) is 17.6. The van der Waals surface area contributed by atoms with Crippen molar-refractivity contribution in [3.8, 4) is 22.9 Å². The molecule has 266 valence electrons. The highest BCUT2D eigenvalue weighted by molar-refractivity contribution is 7.19. The van der Waals surface area contributed by atoms with Crippen molar-refractivity contribution in [1.82, 2.24) is 9.97 Å². The predicted molar refractivity (Wildman–Crippen MR) is 231 cm³/mol. The van der Waals surface area contributed by atoms with E-state index in [0.717, 1.165) is 50.4 Å². The molecule has 0 radical (unpaired) electrons. The second-order valence-electron chi connectivity index (χ2n) is 13.8. The van der Waals surface area contributed by atoms with Crippen molar-refractivity contribution in [3.63, 3.8) is 0 Å². The van der Waals surface area contributed by atoms with Gasteiger partial charge in [-0.1, -0.05) is 127 Å². The molecule has 10 rings (SSSR count). The van der Waals surface area contributed by atoms with Crippen molar-refractivity contribution in [2.75, 3.05) is 4.90 Å². The Balaban J connectivity index is 1.09. The molecule has 8 aromatic carbocycles. The van der Waals surface area contributed by atoms with Crippen LogP contribution in [0.2, 0.25) is 0 Å². The number of oxazole rings is 2. The van der Waals surface area contributed by atoms with Crippen LogP contribution >= 0.6 is 0 Å². The van der Waals surface area contributed by atoms with Gasteiger partial charge >= 0.3 is 0 Å². The van der Waals surface area contributed by atoms with E-state index >= 15 is 0 Å². The molecule has 0 saturated heterocycles. The summed E-state index contributed by atoms with van der Waals surface area (Å²) in [7, 11) is -2.69. The van der Waals surface area contributed by atoms with Crippen LogP contribution in [0.5, 0.6) is 0 Å². The summed E-state index contributed by atoms with van der Waals surface area (Å²) in [5.74, 6) is 1.20. The fourth-order valence-electron chi connectivity index (χ4n) is 7.87. The molecule has 0 atom stereocenters. The summed E-state index contributed by atoms with van der Waals surface area (Å²) >= 11 is 0. The summed E-state index contributed by atoms with van der Waals surface area (Å²) in [6, 6.07) is 74.8. The number of para-hydroxylation sites is 4. The highest BCUT2D eigenvalue weighted by Gasteiger charge is 2.41. The molecule has 0 unspecified atom stereocenters. The van der Waals surface area contributed by atoms with Gasteiger partial charge in [0, 0.05) is 28.2 Å². The average Bonchev–Trinajstić information content (AvgIpc) is 3.92. The quantitative estimate of drug-likeness (QED) is 0.109. The molecule has 0 saturated carbocycles. The monoisotopic (exact) mass is 737 g/mol. The van der Waals surface area contributed by atoms with E-state index in [1.54, 1.807) is 0 Å². The van der Waals surface area contributed by atoms with Crippen molar-refractivity contribution in [1.29, 1.82) is 0 Å². The molecule has 56 heavy (non-hydrogen) atoms. The first-order valence-corrected chi connectivity index (χ1v) is 20.7. The lowest BCUT2D eigenvalue weighted by Gasteiger charge is -2.35. The molecule has 2 heterocycles. The number of benzene rings is 8. The molecule has 0 aliphatic rings. The molecular weight excluding hydrogens is 703 g/mol. The fourth-order valence-corrected chi connectivity index (χ4v) is 12.6. The number of rotatable bonds is 9. The second kappa shape index (κ2) is 14.2. The van der Waals surface area contributed by atoms with Crippen molar-refractivity contribution in [2.45, 2.75) is 0 Å². The van der Waals surface area contributed by atoms with Gasteiger partial charge in [-0.25, -0.2) is 9.97 Å². The van der Waals surface area contributed by atoms with Crippen molar-refractivity contribution < 1.29 is 8.83 Å². The van der Waals surface area contributed by atoms with Gasteiger partial charge in [-0.2, -0.15) is 0 Å². The van der Waals surface area contributed by atoms with E-state index in [1.807, 2.05) is 48.5 Å². The molecule has 5 nitrogen and oxygen atoms in total. The summed E-state index contributed by atoms with van der Waals surface area (Å²) in [5.41, 5.74) is 8.10. The lowest BCUT2D eigenvalue weighted by Crippen LogP contribution is -2.74. The number of hydrogen-bond acceptors (Lipinski definition) is 5. The molecule has 2 aromatic heterocycles. The van der Waals surface area contributed by atoms with Crippen LogP contribution in [0.4, 0.5) is 17.1 Å². The van der Waals surface area contributed by atoms with Gasteiger partial charge in [0.15, 0.2) is 19.2 Å². The van der Waals surface area contributed by atoms with Crippen LogP contribution in [0.25, 0.3) is 45.1 Å². The molecule has 0 N–H and O–H groups in total. The van der Waals surface area contributed by atoms with Crippen molar-refractivity contribution in [2.24, 2.45) is 0 Å². The number of aromatic nitrogens is 2. The minimum Gasteiger partial charge on any atom is -0.436 e. The van der Waals surface area contributed by atoms with E-state index in [2.05, 4.69) is 169 Å². The molecule has 10 aromatic rings. The summed E-state index contributed by atoms with van der Waals surface area (Å²) in [6.07, 6.45) is 0. The Labute approximate surface area is 325 Å². The normalized spacial score (nSPS) is 11.6. The number of anilines is 3. The van der Waals surface area contributed by atoms with Gasteiger partial charge in [0.2, 0.25) is 11.8 Å². The van der Waals surface area contributed by atoms with Crippen LogP contribution < -0.4 is 25.6 Å². The number of nitrogens with zero attached hydrogens (tertiary/aromatic N) is 3. The van der Waals surface area contributed by atoms with Gasteiger partial charge in [0.05, 0.1) is 0 Å². The highest BCUT2D eigenvalue weighted by atomic mass is 28.3. The average molecular weight is 738 g/mol. The summed E-state index contributed by atoms with van der Waals surface area (Å²) in [6.45, 7) is 0. The van der Waals surface area contributed by atoms with Crippen LogP contribution in [0.3, 0.4) is 0 Å². The van der Waals surface area contributed by atoms with Crippen molar-refractivity contribution in [3.05, 3.63) is 212 Å². The summed E-state index contributed by atoms with van der Waals surface area (Å²) < 4.78 is 12.2. The van der Waals surface area contributed by atoms with Crippen LogP contribution in [0.15, 0.2) is 221 Å². The number of hydrogen-bond donors (Lipinski definition) is 0. The Morgan fingerprint density at radius 1 is 0.321 bits per heavy atom. The predicted octanol–water partition coefficient (Wildman–Crippen LogP) is 10.2. The molecule has 0 fully saturated rings. The van der Waals surface area contributed by atoms with Gasteiger partial charge in [0.1, 0.15) is 11.0 Å². The molecule has 6 heteroatoms. The van der Waals surface area contributed by atoms with E-state index in [-0.39, 0.29) is 0 Å². The van der Waals surface area contributed by atoms with Gasteiger partial charge in [-0.3, -0.25) is 0 Å². The largest absolute Gasteiger partial charge is 0.436 e. The van der Waals surface area contributed by atoms with Crippen LogP contribution in [0.1, 0.15) is 0 Å². The summed E-state index contributed by atoms with van der Waals surface area (Å²) in [5, 5.41) is 5.33. The minimum atomic E-state index is -2.69. The first kappa shape index (κ1) is 33.3. The van der Waals surface area contributed by atoms with Crippen LogP contribution in [0, 0.1) is 0 Å². The minimum absolute atomic E-state index is 0.598. The first-order valence-electron chi connectivity index (χ1n) is 18.7. The molecule has 0 amide bonds. The molecular formula is C50H35N3O2Si. The fraction of sp³-hybridized carbons (Fsp3) is 0. The standard InChI is InChI=1S/C50H35N3O2Si/c1-4-14-41(15-5-1)56(42-16-6-2-7-17-42,43-18-8-3-9-19-43)44-34-32-40(33-35-44)53(38-28-24-36(25-29-38)49-51-45-20-10-12-22-47(45)54-49)39-30-26-37(27-31-39)50-52-46-21-11-13-23-48(46)55-50/h1-35H. The summed E-state index contributed by atoms with van der Waals surface area (Å²) in [4.78, 5) is 11.8. The lowest BCUT2D eigenvalue weighted by molar-refractivity contribution is 0.619. The maximum atomic E-state index is 6.12. The maximum Gasteiger partial charge on any atom is 0.227 e. The molecule has 0 aliphatic carbocycles. The van der Waals surface area contributed by atoms with E-state index < -0.39 is 8.07 Å². The van der Waals surface area contributed by atoms with Crippen LogP contribution in [-0.2, 0) is 0 Å². The Morgan fingerprint density at radius 2 is 0.643 bits per heavy atom. The zero-order valence-electron chi connectivity index (χ0n) is 30.4. The van der Waals surface area contributed by atoms with Gasteiger partial charge < -0.3 is 13.7 Å². The highest BCUT2D eigenvalue weighted by Crippen LogP contribution is 2.37. The topological polar surface area (TPSA) is 55.3 Å². The third-order valence-corrected chi connectivity index (χ3v) is 15.3. The zero-order valence-corrected chi connectivity index (χ0v) is 31.4. The van der Waals surface area contributed by atoms with E-state index in [0.29, 0.717) is 11.8 Å². The zero-order chi connectivity index (χ0) is 37.3.